The molecule has 2 amide bonds. The highest BCUT2D eigenvalue weighted by atomic mass is 16.6. The lowest BCUT2D eigenvalue weighted by Gasteiger charge is -2.27. The van der Waals surface area contributed by atoms with E-state index in [1.54, 1.807) is 0 Å². The van der Waals surface area contributed by atoms with Crippen molar-refractivity contribution in [3.05, 3.63) is 71.8 Å². The average Bonchev–Trinajstić information content (AvgIpc) is 3.27. The standard InChI is InChI=1S/C29H35NO5/c1-5-6-10-24(28(32)34-4)18-25(27(31)30-26(20(2)3)19-35-29(30)33)17-21-13-15-23(16-14-21)22-11-8-7-9-12-22/h7-16,20,25-26H,5-6,17-19H2,1-4H3/b24-10-/t25-,26-/m1/s1. The van der Waals surface area contributed by atoms with Crippen LogP contribution in [0.2, 0.25) is 0 Å². The summed E-state index contributed by atoms with van der Waals surface area (Å²) in [6.45, 7) is 6.14. The predicted molar refractivity (Wildman–Crippen MR) is 136 cm³/mol. The first-order valence-corrected chi connectivity index (χ1v) is 12.3. The Morgan fingerprint density at radius 3 is 2.34 bits per heavy atom. The van der Waals surface area contributed by atoms with Crippen LogP contribution in [0.4, 0.5) is 4.79 Å². The third-order valence-electron chi connectivity index (χ3n) is 6.40. The number of methoxy groups -OCH3 is 1. The number of benzene rings is 2. The van der Waals surface area contributed by atoms with Gasteiger partial charge in [-0.15, -0.1) is 0 Å². The molecule has 2 atom stereocenters. The summed E-state index contributed by atoms with van der Waals surface area (Å²) >= 11 is 0. The molecule has 0 unspecified atom stereocenters. The number of cyclic esters (lactones) is 1. The number of allylic oxidation sites excluding steroid dienone is 1. The van der Waals surface area contributed by atoms with Gasteiger partial charge in [-0.05, 0) is 41.9 Å². The molecule has 1 aliphatic heterocycles. The van der Waals surface area contributed by atoms with Crippen LogP contribution in [-0.4, -0.2) is 42.6 Å². The Morgan fingerprint density at radius 2 is 1.74 bits per heavy atom. The fourth-order valence-electron chi connectivity index (χ4n) is 4.34. The van der Waals surface area contributed by atoms with Crippen LogP contribution >= 0.6 is 0 Å². The van der Waals surface area contributed by atoms with E-state index in [4.69, 9.17) is 9.47 Å². The van der Waals surface area contributed by atoms with E-state index in [-0.39, 0.29) is 30.9 Å². The highest BCUT2D eigenvalue weighted by molar-refractivity contribution is 5.96. The lowest BCUT2D eigenvalue weighted by Crippen LogP contribution is -2.45. The Kier molecular flexibility index (Phi) is 9.24. The highest BCUT2D eigenvalue weighted by Gasteiger charge is 2.42. The smallest absolute Gasteiger partial charge is 0.416 e. The van der Waals surface area contributed by atoms with E-state index in [9.17, 15) is 14.4 Å². The van der Waals surface area contributed by atoms with Gasteiger partial charge >= 0.3 is 12.1 Å². The molecule has 1 heterocycles. The third-order valence-corrected chi connectivity index (χ3v) is 6.40. The first-order valence-electron chi connectivity index (χ1n) is 12.3. The lowest BCUT2D eigenvalue weighted by atomic mass is 9.89. The Hall–Kier alpha value is -3.41. The Labute approximate surface area is 207 Å². The molecule has 0 N–H and O–H groups in total. The van der Waals surface area contributed by atoms with Crippen LogP contribution in [-0.2, 0) is 25.5 Å². The summed E-state index contributed by atoms with van der Waals surface area (Å²) in [6.07, 6.45) is 3.39. The van der Waals surface area contributed by atoms with Crippen molar-refractivity contribution < 1.29 is 23.9 Å². The van der Waals surface area contributed by atoms with Crippen molar-refractivity contribution in [3.8, 4) is 11.1 Å². The van der Waals surface area contributed by atoms with E-state index in [1.807, 2.05) is 81.4 Å². The molecule has 1 aliphatic rings. The highest BCUT2D eigenvalue weighted by Crippen LogP contribution is 2.28. The molecule has 0 saturated carbocycles. The van der Waals surface area contributed by atoms with E-state index in [2.05, 4.69) is 0 Å². The molecule has 6 nitrogen and oxygen atoms in total. The quantitative estimate of drug-likeness (QED) is 0.319. The minimum absolute atomic E-state index is 0.0620. The van der Waals surface area contributed by atoms with Crippen molar-refractivity contribution in [1.29, 1.82) is 0 Å². The molecule has 2 aromatic rings. The summed E-state index contributed by atoms with van der Waals surface area (Å²) in [5.41, 5.74) is 3.61. The molecule has 1 fully saturated rings. The molecule has 1 saturated heterocycles. The van der Waals surface area contributed by atoms with Crippen LogP contribution in [0.5, 0.6) is 0 Å². The molecule has 0 spiro atoms. The summed E-state index contributed by atoms with van der Waals surface area (Å²) < 4.78 is 10.2. The second-order valence-corrected chi connectivity index (χ2v) is 9.27. The molecule has 0 radical (unpaired) electrons. The number of unbranched alkanes of at least 4 members (excludes halogenated alkanes) is 1. The van der Waals surface area contributed by atoms with E-state index < -0.39 is 18.0 Å². The zero-order chi connectivity index (χ0) is 25.4. The van der Waals surface area contributed by atoms with Crippen LogP contribution in [0.3, 0.4) is 0 Å². The number of nitrogens with zero attached hydrogens (tertiary/aromatic N) is 1. The summed E-state index contributed by atoms with van der Waals surface area (Å²) in [5.74, 6) is -1.30. The largest absolute Gasteiger partial charge is 0.466 e. The normalized spacial score (nSPS) is 16.8. The number of rotatable bonds is 10. The maximum atomic E-state index is 13.7. The zero-order valence-electron chi connectivity index (χ0n) is 21.0. The molecule has 0 aliphatic carbocycles. The first kappa shape index (κ1) is 26.2. The third kappa shape index (κ3) is 6.59. The fourth-order valence-corrected chi connectivity index (χ4v) is 4.34. The van der Waals surface area contributed by atoms with Crippen molar-refractivity contribution in [1.82, 2.24) is 4.90 Å². The number of esters is 1. The van der Waals surface area contributed by atoms with E-state index >= 15 is 0 Å². The van der Waals surface area contributed by atoms with Gasteiger partial charge in [0.05, 0.1) is 13.2 Å². The minimum Gasteiger partial charge on any atom is -0.466 e. The van der Waals surface area contributed by atoms with Gasteiger partial charge < -0.3 is 9.47 Å². The van der Waals surface area contributed by atoms with E-state index in [1.165, 1.54) is 12.0 Å². The van der Waals surface area contributed by atoms with Crippen molar-refractivity contribution >= 4 is 18.0 Å². The van der Waals surface area contributed by atoms with Crippen molar-refractivity contribution in [2.24, 2.45) is 11.8 Å². The van der Waals surface area contributed by atoms with Gasteiger partial charge in [-0.25, -0.2) is 14.5 Å². The maximum absolute atomic E-state index is 13.7. The zero-order valence-corrected chi connectivity index (χ0v) is 21.0. The molecule has 0 bridgehead atoms. The predicted octanol–water partition coefficient (Wildman–Crippen LogP) is 5.81. The summed E-state index contributed by atoms with van der Waals surface area (Å²) in [4.78, 5) is 40.0. The van der Waals surface area contributed by atoms with Gasteiger partial charge in [0.2, 0.25) is 5.91 Å². The molecule has 0 aromatic heterocycles. The van der Waals surface area contributed by atoms with Crippen LogP contribution < -0.4 is 0 Å². The molecular weight excluding hydrogens is 442 g/mol. The number of carbonyl (C=O) groups is 3. The fraction of sp³-hybridized carbons (Fsp3) is 0.414. The minimum atomic E-state index is -0.615. The van der Waals surface area contributed by atoms with Gasteiger partial charge in [0.15, 0.2) is 0 Å². The number of hydrogen-bond donors (Lipinski definition) is 0. The van der Waals surface area contributed by atoms with Crippen LogP contribution in [0.25, 0.3) is 11.1 Å². The summed E-state index contributed by atoms with van der Waals surface area (Å²) in [6, 6.07) is 17.8. The van der Waals surface area contributed by atoms with Crippen LogP contribution in [0.1, 0.15) is 45.6 Å². The molecule has 35 heavy (non-hydrogen) atoms. The van der Waals surface area contributed by atoms with E-state index in [0.717, 1.165) is 23.1 Å². The van der Waals surface area contributed by atoms with Gasteiger partial charge in [0.25, 0.3) is 0 Å². The summed E-state index contributed by atoms with van der Waals surface area (Å²) in [7, 11) is 1.34. The monoisotopic (exact) mass is 477 g/mol. The lowest BCUT2D eigenvalue weighted by molar-refractivity contribution is -0.137. The maximum Gasteiger partial charge on any atom is 0.416 e. The Morgan fingerprint density at radius 1 is 1.09 bits per heavy atom. The average molecular weight is 478 g/mol. The van der Waals surface area contributed by atoms with Crippen LogP contribution in [0.15, 0.2) is 66.2 Å². The number of imide groups is 1. The summed E-state index contributed by atoms with van der Waals surface area (Å²) in [5, 5.41) is 0. The second-order valence-electron chi connectivity index (χ2n) is 9.27. The van der Waals surface area contributed by atoms with Gasteiger partial charge in [0, 0.05) is 11.5 Å². The Balaban J connectivity index is 1.90. The van der Waals surface area contributed by atoms with Crippen molar-refractivity contribution in [2.45, 2.75) is 52.5 Å². The van der Waals surface area contributed by atoms with Gasteiger partial charge in [-0.1, -0.05) is 87.9 Å². The Bertz CT molecular complexity index is 1040. The molecule has 2 aromatic carbocycles. The van der Waals surface area contributed by atoms with Crippen molar-refractivity contribution in [3.63, 3.8) is 0 Å². The van der Waals surface area contributed by atoms with Crippen molar-refractivity contribution in [2.75, 3.05) is 13.7 Å². The number of hydrogen-bond acceptors (Lipinski definition) is 5. The van der Waals surface area contributed by atoms with Gasteiger partial charge in [-0.3, -0.25) is 4.79 Å². The van der Waals surface area contributed by atoms with Crippen LogP contribution in [0, 0.1) is 11.8 Å². The number of ether oxygens (including phenoxy) is 2. The van der Waals surface area contributed by atoms with Gasteiger partial charge in [-0.2, -0.15) is 0 Å². The first-order chi connectivity index (χ1) is 16.8. The topological polar surface area (TPSA) is 72.9 Å². The SMILES string of the molecule is CCC/C=C(/C[C@@H](Cc1ccc(-c2ccccc2)cc1)C(=O)N1C(=O)OC[C@@H]1C(C)C)C(=O)OC. The molecular formula is C29H35NO5. The molecule has 3 rings (SSSR count). The van der Waals surface area contributed by atoms with E-state index in [0.29, 0.717) is 18.4 Å². The number of amides is 2. The van der Waals surface area contributed by atoms with Gasteiger partial charge in [0.1, 0.15) is 6.61 Å². The number of carbonyl (C=O) groups excluding carboxylic acids is 3. The molecule has 6 heteroatoms. The second kappa shape index (κ2) is 12.3. The molecule has 186 valence electrons.